The Labute approximate surface area is 106 Å². The maximum atomic E-state index is 5.65. The van der Waals surface area contributed by atoms with Crippen LogP contribution in [0.15, 0.2) is 54.9 Å². The molecule has 0 aliphatic carbocycles. The zero-order valence-corrected chi connectivity index (χ0v) is 10.3. The third kappa shape index (κ3) is 1.76. The van der Waals surface area contributed by atoms with E-state index < -0.39 is 0 Å². The van der Waals surface area contributed by atoms with E-state index in [4.69, 9.17) is 4.74 Å². The smallest absolute Gasteiger partial charge is 0.144 e. The van der Waals surface area contributed by atoms with Gasteiger partial charge in [-0.3, -0.25) is 0 Å². The number of aromatic nitrogens is 1. The molecule has 0 aliphatic heterocycles. The van der Waals surface area contributed by atoms with E-state index >= 15 is 0 Å². The molecule has 0 amide bonds. The molecular formula is C16H15NO. The topological polar surface area (TPSA) is 25.0 Å². The van der Waals surface area contributed by atoms with Gasteiger partial charge in [-0.2, -0.15) is 0 Å². The Morgan fingerprint density at radius 2 is 1.78 bits per heavy atom. The van der Waals surface area contributed by atoms with Crippen molar-refractivity contribution in [3.8, 4) is 16.9 Å². The van der Waals surface area contributed by atoms with Gasteiger partial charge in [0, 0.05) is 18.0 Å². The van der Waals surface area contributed by atoms with Crippen LogP contribution in [0.3, 0.4) is 0 Å². The van der Waals surface area contributed by atoms with Gasteiger partial charge in [0.25, 0.3) is 0 Å². The SMILES string of the molecule is CCOc1c[nH]cc1-c1cccc2ccccc12. The van der Waals surface area contributed by atoms with Crippen LogP contribution in [0.25, 0.3) is 21.9 Å². The Kier molecular flexibility index (Phi) is 2.77. The number of hydrogen-bond acceptors (Lipinski definition) is 1. The van der Waals surface area contributed by atoms with E-state index in [0.717, 1.165) is 11.3 Å². The number of benzene rings is 2. The molecule has 18 heavy (non-hydrogen) atoms. The molecule has 0 spiro atoms. The third-order valence-corrected chi connectivity index (χ3v) is 3.09. The van der Waals surface area contributed by atoms with Crippen LogP contribution in [0.1, 0.15) is 6.92 Å². The summed E-state index contributed by atoms with van der Waals surface area (Å²) in [4.78, 5) is 3.12. The molecule has 1 heterocycles. The number of H-pyrrole nitrogens is 1. The predicted molar refractivity (Wildman–Crippen MR) is 74.9 cm³/mol. The Morgan fingerprint density at radius 3 is 2.67 bits per heavy atom. The summed E-state index contributed by atoms with van der Waals surface area (Å²) >= 11 is 0. The number of aromatic amines is 1. The zero-order chi connectivity index (χ0) is 12.4. The standard InChI is InChI=1S/C16H15NO/c1-2-18-16-11-17-10-15(16)14-9-5-7-12-6-3-4-8-13(12)14/h3-11,17H,2H2,1H3. The molecule has 1 aromatic heterocycles. The number of nitrogens with one attached hydrogen (secondary N) is 1. The highest BCUT2D eigenvalue weighted by atomic mass is 16.5. The predicted octanol–water partition coefficient (Wildman–Crippen LogP) is 4.23. The van der Waals surface area contributed by atoms with E-state index in [9.17, 15) is 0 Å². The van der Waals surface area contributed by atoms with Gasteiger partial charge in [0.2, 0.25) is 0 Å². The van der Waals surface area contributed by atoms with Gasteiger partial charge >= 0.3 is 0 Å². The summed E-state index contributed by atoms with van der Waals surface area (Å²) in [5.74, 6) is 0.911. The normalized spacial score (nSPS) is 10.7. The number of fused-ring (bicyclic) bond motifs is 1. The van der Waals surface area contributed by atoms with Gasteiger partial charge in [0.15, 0.2) is 0 Å². The molecule has 2 aromatic carbocycles. The molecule has 1 N–H and O–H groups in total. The fourth-order valence-electron chi connectivity index (χ4n) is 2.30. The first-order chi connectivity index (χ1) is 8.90. The second-order valence-electron chi connectivity index (χ2n) is 4.19. The van der Waals surface area contributed by atoms with Crippen molar-refractivity contribution in [2.24, 2.45) is 0 Å². The Balaban J connectivity index is 2.22. The Bertz CT molecular complexity index is 664. The summed E-state index contributed by atoms with van der Waals surface area (Å²) in [7, 11) is 0. The van der Waals surface area contributed by atoms with Gasteiger partial charge in [-0.15, -0.1) is 0 Å². The summed E-state index contributed by atoms with van der Waals surface area (Å²) in [6.45, 7) is 2.68. The van der Waals surface area contributed by atoms with E-state index in [0.29, 0.717) is 6.61 Å². The van der Waals surface area contributed by atoms with E-state index in [1.807, 2.05) is 19.3 Å². The lowest BCUT2D eigenvalue weighted by Crippen LogP contribution is -1.91. The van der Waals surface area contributed by atoms with Crippen molar-refractivity contribution in [1.82, 2.24) is 4.98 Å². The van der Waals surface area contributed by atoms with Crippen molar-refractivity contribution >= 4 is 10.8 Å². The quantitative estimate of drug-likeness (QED) is 0.724. The van der Waals surface area contributed by atoms with Crippen LogP contribution in [-0.2, 0) is 0 Å². The van der Waals surface area contributed by atoms with Crippen molar-refractivity contribution < 1.29 is 4.74 Å². The fourth-order valence-corrected chi connectivity index (χ4v) is 2.30. The molecular weight excluding hydrogens is 222 g/mol. The number of hydrogen-bond donors (Lipinski definition) is 1. The second kappa shape index (κ2) is 4.57. The molecule has 0 saturated heterocycles. The zero-order valence-electron chi connectivity index (χ0n) is 10.3. The van der Waals surface area contributed by atoms with E-state index in [1.54, 1.807) is 0 Å². The lowest BCUT2D eigenvalue weighted by Gasteiger charge is -2.08. The van der Waals surface area contributed by atoms with Crippen molar-refractivity contribution in [1.29, 1.82) is 0 Å². The molecule has 2 heteroatoms. The van der Waals surface area contributed by atoms with E-state index in [-0.39, 0.29) is 0 Å². The minimum absolute atomic E-state index is 0.676. The van der Waals surface area contributed by atoms with Crippen molar-refractivity contribution in [2.45, 2.75) is 6.92 Å². The van der Waals surface area contributed by atoms with E-state index in [1.165, 1.54) is 16.3 Å². The Hall–Kier alpha value is -2.22. The summed E-state index contributed by atoms with van der Waals surface area (Å²) < 4.78 is 5.65. The van der Waals surface area contributed by atoms with Gasteiger partial charge in [0.1, 0.15) is 5.75 Å². The molecule has 0 unspecified atom stereocenters. The van der Waals surface area contributed by atoms with Crippen molar-refractivity contribution in [2.75, 3.05) is 6.61 Å². The molecule has 2 nitrogen and oxygen atoms in total. The van der Waals surface area contributed by atoms with Crippen LogP contribution < -0.4 is 4.74 Å². The largest absolute Gasteiger partial charge is 0.492 e. The monoisotopic (exact) mass is 237 g/mol. The second-order valence-corrected chi connectivity index (χ2v) is 4.19. The third-order valence-electron chi connectivity index (χ3n) is 3.09. The summed E-state index contributed by atoms with van der Waals surface area (Å²) in [6, 6.07) is 14.8. The lowest BCUT2D eigenvalue weighted by molar-refractivity contribution is 0.342. The van der Waals surface area contributed by atoms with Gasteiger partial charge in [-0.25, -0.2) is 0 Å². The molecule has 0 fully saturated rings. The highest BCUT2D eigenvalue weighted by Gasteiger charge is 2.09. The highest BCUT2D eigenvalue weighted by Crippen LogP contribution is 2.34. The molecule has 0 radical (unpaired) electrons. The van der Waals surface area contributed by atoms with Crippen LogP contribution in [0, 0.1) is 0 Å². The Morgan fingerprint density at radius 1 is 0.944 bits per heavy atom. The van der Waals surface area contributed by atoms with Crippen LogP contribution in [0.5, 0.6) is 5.75 Å². The van der Waals surface area contributed by atoms with E-state index in [2.05, 4.69) is 47.4 Å². The maximum absolute atomic E-state index is 5.65. The molecule has 0 saturated carbocycles. The average molecular weight is 237 g/mol. The molecule has 3 aromatic rings. The van der Waals surface area contributed by atoms with Gasteiger partial charge in [-0.05, 0) is 23.3 Å². The fraction of sp³-hybridized carbons (Fsp3) is 0.125. The first-order valence-corrected chi connectivity index (χ1v) is 6.18. The summed E-state index contributed by atoms with van der Waals surface area (Å²) in [5, 5.41) is 2.50. The van der Waals surface area contributed by atoms with Crippen molar-refractivity contribution in [3.63, 3.8) is 0 Å². The molecule has 0 atom stereocenters. The first-order valence-electron chi connectivity index (χ1n) is 6.18. The highest BCUT2D eigenvalue weighted by molar-refractivity contribution is 5.97. The number of rotatable bonds is 3. The minimum Gasteiger partial charge on any atom is -0.492 e. The molecule has 0 aliphatic rings. The van der Waals surface area contributed by atoms with Crippen LogP contribution in [0.2, 0.25) is 0 Å². The van der Waals surface area contributed by atoms with Gasteiger partial charge in [-0.1, -0.05) is 42.5 Å². The van der Waals surface area contributed by atoms with Crippen LogP contribution >= 0.6 is 0 Å². The molecule has 3 rings (SSSR count). The minimum atomic E-state index is 0.676. The molecule has 0 bridgehead atoms. The van der Waals surface area contributed by atoms with Gasteiger partial charge in [0.05, 0.1) is 6.61 Å². The van der Waals surface area contributed by atoms with Crippen LogP contribution in [-0.4, -0.2) is 11.6 Å². The maximum Gasteiger partial charge on any atom is 0.144 e. The van der Waals surface area contributed by atoms with Crippen molar-refractivity contribution in [3.05, 3.63) is 54.9 Å². The first kappa shape index (κ1) is 10.9. The summed E-state index contributed by atoms with van der Waals surface area (Å²) in [6.07, 6.45) is 3.90. The average Bonchev–Trinajstić information content (AvgIpc) is 2.87. The summed E-state index contributed by atoms with van der Waals surface area (Å²) in [5.41, 5.74) is 2.33. The molecule has 90 valence electrons. The van der Waals surface area contributed by atoms with Crippen LogP contribution in [0.4, 0.5) is 0 Å². The number of ether oxygens (including phenoxy) is 1. The lowest BCUT2D eigenvalue weighted by atomic mass is 10.00. The van der Waals surface area contributed by atoms with Gasteiger partial charge < -0.3 is 9.72 Å².